The van der Waals surface area contributed by atoms with Gasteiger partial charge in [-0.3, -0.25) is 4.79 Å². The normalized spacial score (nSPS) is 23.1. The maximum absolute atomic E-state index is 12.2. The van der Waals surface area contributed by atoms with Gasteiger partial charge in [0.05, 0.1) is 12.1 Å². The molecule has 0 aliphatic heterocycles. The standard InChI is InChI=1S/C14H18BrNO2/c1-9-6-7-10(15)8-11(9)14(17)16-12-4-3-5-13(12)18-2/h6-8,12-13H,3-5H2,1-2H3,(H,16,17). The molecule has 1 fully saturated rings. The Morgan fingerprint density at radius 1 is 1.44 bits per heavy atom. The number of carbonyl (C=O) groups is 1. The number of hydrogen-bond acceptors (Lipinski definition) is 2. The van der Waals surface area contributed by atoms with Crippen LogP contribution in [0.25, 0.3) is 0 Å². The summed E-state index contributed by atoms with van der Waals surface area (Å²) in [6.07, 6.45) is 3.29. The third kappa shape index (κ3) is 2.93. The number of aryl methyl sites for hydroxylation is 1. The summed E-state index contributed by atoms with van der Waals surface area (Å²) in [5, 5.41) is 3.08. The monoisotopic (exact) mass is 311 g/mol. The van der Waals surface area contributed by atoms with E-state index in [1.54, 1.807) is 7.11 Å². The SMILES string of the molecule is COC1CCCC1NC(=O)c1cc(Br)ccc1C. The predicted octanol–water partition coefficient (Wildman–Crippen LogP) is 3.05. The van der Waals surface area contributed by atoms with E-state index in [1.807, 2.05) is 25.1 Å². The quantitative estimate of drug-likeness (QED) is 0.931. The van der Waals surface area contributed by atoms with Gasteiger partial charge in [0.1, 0.15) is 0 Å². The largest absolute Gasteiger partial charge is 0.379 e. The van der Waals surface area contributed by atoms with Crippen molar-refractivity contribution in [1.29, 1.82) is 0 Å². The fraction of sp³-hybridized carbons (Fsp3) is 0.500. The maximum atomic E-state index is 12.2. The third-order valence-electron chi connectivity index (χ3n) is 3.52. The highest BCUT2D eigenvalue weighted by atomic mass is 79.9. The maximum Gasteiger partial charge on any atom is 0.251 e. The first-order valence-electron chi connectivity index (χ1n) is 6.21. The Kier molecular flexibility index (Phi) is 4.40. The second-order valence-electron chi connectivity index (χ2n) is 4.74. The van der Waals surface area contributed by atoms with E-state index in [4.69, 9.17) is 4.74 Å². The van der Waals surface area contributed by atoms with Gasteiger partial charge in [0, 0.05) is 17.1 Å². The van der Waals surface area contributed by atoms with Crippen molar-refractivity contribution in [3.8, 4) is 0 Å². The molecule has 1 saturated carbocycles. The molecule has 0 heterocycles. The molecule has 0 spiro atoms. The highest BCUT2D eigenvalue weighted by molar-refractivity contribution is 9.10. The van der Waals surface area contributed by atoms with Crippen LogP contribution in [-0.2, 0) is 4.74 Å². The molecule has 1 aromatic carbocycles. The number of rotatable bonds is 3. The zero-order valence-electron chi connectivity index (χ0n) is 10.7. The molecule has 1 aromatic rings. The Morgan fingerprint density at radius 2 is 2.22 bits per heavy atom. The molecule has 1 aliphatic carbocycles. The molecule has 1 aliphatic rings. The van der Waals surface area contributed by atoms with Crippen molar-refractivity contribution < 1.29 is 9.53 Å². The number of methoxy groups -OCH3 is 1. The van der Waals surface area contributed by atoms with Crippen molar-refractivity contribution in [2.45, 2.75) is 38.3 Å². The number of ether oxygens (including phenoxy) is 1. The zero-order chi connectivity index (χ0) is 13.1. The number of halogens is 1. The third-order valence-corrected chi connectivity index (χ3v) is 4.01. The van der Waals surface area contributed by atoms with Gasteiger partial charge < -0.3 is 10.1 Å². The first kappa shape index (κ1) is 13.6. The molecule has 2 atom stereocenters. The lowest BCUT2D eigenvalue weighted by Gasteiger charge is -2.20. The van der Waals surface area contributed by atoms with Crippen LogP contribution < -0.4 is 5.32 Å². The van der Waals surface area contributed by atoms with Gasteiger partial charge in [0.15, 0.2) is 0 Å². The number of nitrogens with one attached hydrogen (secondary N) is 1. The highest BCUT2D eigenvalue weighted by Gasteiger charge is 2.28. The van der Waals surface area contributed by atoms with Crippen LogP contribution in [0.1, 0.15) is 35.2 Å². The van der Waals surface area contributed by atoms with Gasteiger partial charge in [-0.05, 0) is 43.9 Å². The lowest BCUT2D eigenvalue weighted by atomic mass is 10.1. The van der Waals surface area contributed by atoms with Gasteiger partial charge in [-0.2, -0.15) is 0 Å². The highest BCUT2D eigenvalue weighted by Crippen LogP contribution is 2.22. The average molecular weight is 312 g/mol. The smallest absolute Gasteiger partial charge is 0.251 e. The van der Waals surface area contributed by atoms with Crippen LogP contribution in [0.2, 0.25) is 0 Å². The molecular weight excluding hydrogens is 294 g/mol. The molecule has 0 bridgehead atoms. The van der Waals surface area contributed by atoms with Crippen LogP contribution in [0.15, 0.2) is 22.7 Å². The summed E-state index contributed by atoms with van der Waals surface area (Å²) in [4.78, 5) is 12.2. The van der Waals surface area contributed by atoms with Crippen molar-refractivity contribution in [2.24, 2.45) is 0 Å². The molecule has 18 heavy (non-hydrogen) atoms. The molecule has 3 nitrogen and oxygen atoms in total. The Hall–Kier alpha value is -0.870. The van der Waals surface area contributed by atoms with Gasteiger partial charge in [-0.25, -0.2) is 0 Å². The van der Waals surface area contributed by atoms with E-state index in [-0.39, 0.29) is 18.1 Å². The van der Waals surface area contributed by atoms with E-state index in [2.05, 4.69) is 21.2 Å². The lowest BCUT2D eigenvalue weighted by molar-refractivity contribution is 0.0722. The summed E-state index contributed by atoms with van der Waals surface area (Å²) in [6, 6.07) is 5.89. The molecule has 1 N–H and O–H groups in total. The summed E-state index contributed by atoms with van der Waals surface area (Å²) in [5.41, 5.74) is 1.72. The van der Waals surface area contributed by atoms with E-state index in [9.17, 15) is 4.79 Å². The number of amides is 1. The van der Waals surface area contributed by atoms with E-state index < -0.39 is 0 Å². The molecular formula is C14H18BrNO2. The van der Waals surface area contributed by atoms with Crippen LogP contribution in [0.4, 0.5) is 0 Å². The first-order chi connectivity index (χ1) is 8.61. The molecule has 98 valence electrons. The molecule has 2 rings (SSSR count). The fourth-order valence-corrected chi connectivity index (χ4v) is 2.82. The molecule has 4 heteroatoms. The zero-order valence-corrected chi connectivity index (χ0v) is 12.3. The Balaban J connectivity index is 2.09. The van der Waals surface area contributed by atoms with Crippen LogP contribution in [-0.4, -0.2) is 25.2 Å². The van der Waals surface area contributed by atoms with Crippen LogP contribution in [0, 0.1) is 6.92 Å². The van der Waals surface area contributed by atoms with Gasteiger partial charge in [0.2, 0.25) is 0 Å². The average Bonchev–Trinajstić information content (AvgIpc) is 2.79. The summed E-state index contributed by atoms with van der Waals surface area (Å²) in [7, 11) is 1.71. The minimum absolute atomic E-state index is 0.0113. The minimum atomic E-state index is -0.0113. The van der Waals surface area contributed by atoms with Gasteiger partial charge in [-0.15, -0.1) is 0 Å². The van der Waals surface area contributed by atoms with Crippen LogP contribution >= 0.6 is 15.9 Å². The Labute approximate surface area is 116 Å². The second kappa shape index (κ2) is 5.85. The van der Waals surface area contributed by atoms with Gasteiger partial charge >= 0.3 is 0 Å². The van der Waals surface area contributed by atoms with Gasteiger partial charge in [0.25, 0.3) is 5.91 Å². The number of carbonyl (C=O) groups excluding carboxylic acids is 1. The van der Waals surface area contributed by atoms with Crippen molar-refractivity contribution in [2.75, 3.05) is 7.11 Å². The topological polar surface area (TPSA) is 38.3 Å². The summed E-state index contributed by atoms with van der Waals surface area (Å²) < 4.78 is 6.31. The summed E-state index contributed by atoms with van der Waals surface area (Å²) in [5.74, 6) is -0.0113. The predicted molar refractivity (Wildman–Crippen MR) is 74.8 cm³/mol. The van der Waals surface area contributed by atoms with E-state index in [0.717, 1.165) is 34.9 Å². The van der Waals surface area contributed by atoms with Crippen molar-refractivity contribution in [1.82, 2.24) is 5.32 Å². The van der Waals surface area contributed by atoms with Crippen molar-refractivity contribution in [3.05, 3.63) is 33.8 Å². The first-order valence-corrected chi connectivity index (χ1v) is 7.01. The molecule has 2 unspecified atom stereocenters. The molecule has 0 radical (unpaired) electrons. The number of benzene rings is 1. The summed E-state index contributed by atoms with van der Waals surface area (Å²) in [6.45, 7) is 1.95. The molecule has 0 saturated heterocycles. The van der Waals surface area contributed by atoms with Crippen LogP contribution in [0.3, 0.4) is 0 Å². The number of hydrogen-bond donors (Lipinski definition) is 1. The minimum Gasteiger partial charge on any atom is -0.379 e. The van der Waals surface area contributed by atoms with E-state index >= 15 is 0 Å². The van der Waals surface area contributed by atoms with E-state index in [1.165, 1.54) is 0 Å². The van der Waals surface area contributed by atoms with Crippen LogP contribution in [0.5, 0.6) is 0 Å². The lowest BCUT2D eigenvalue weighted by Crippen LogP contribution is -2.40. The molecule has 0 aromatic heterocycles. The second-order valence-corrected chi connectivity index (χ2v) is 5.66. The van der Waals surface area contributed by atoms with Crippen molar-refractivity contribution >= 4 is 21.8 Å². The Bertz CT molecular complexity index is 447. The van der Waals surface area contributed by atoms with E-state index in [0.29, 0.717) is 0 Å². The van der Waals surface area contributed by atoms with Gasteiger partial charge in [-0.1, -0.05) is 22.0 Å². The van der Waals surface area contributed by atoms with Crippen molar-refractivity contribution in [3.63, 3.8) is 0 Å². The Morgan fingerprint density at radius 3 is 2.94 bits per heavy atom. The summed E-state index contributed by atoms with van der Waals surface area (Å²) >= 11 is 3.40. The fourth-order valence-electron chi connectivity index (χ4n) is 2.46. The molecule has 1 amide bonds.